The van der Waals surface area contributed by atoms with Crippen LogP contribution in [-0.2, 0) is 4.79 Å². The number of nitrogens with one attached hydrogen (secondary N) is 1. The van der Waals surface area contributed by atoms with Crippen LogP contribution >= 0.6 is 0 Å². The average molecular weight is 368 g/mol. The maximum Gasteiger partial charge on any atom is 0.251 e. The van der Waals surface area contributed by atoms with Crippen molar-refractivity contribution in [3.63, 3.8) is 0 Å². The van der Waals surface area contributed by atoms with Crippen LogP contribution in [0.1, 0.15) is 10.4 Å². The van der Waals surface area contributed by atoms with E-state index in [0.717, 1.165) is 18.7 Å². The number of nitrogens with zero attached hydrogens (tertiary/aromatic N) is 4. The molecule has 0 saturated carbocycles. The van der Waals surface area contributed by atoms with Crippen LogP contribution in [0.3, 0.4) is 0 Å². The van der Waals surface area contributed by atoms with Gasteiger partial charge in [-0.2, -0.15) is 0 Å². The first-order chi connectivity index (χ1) is 13.1. The predicted octanol–water partition coefficient (Wildman–Crippen LogP) is -0.0253. The Hall–Kier alpha value is -2.84. The summed E-state index contributed by atoms with van der Waals surface area (Å²) in [5.41, 5.74) is 7.02. The van der Waals surface area contributed by atoms with Crippen molar-refractivity contribution in [2.24, 2.45) is 5.73 Å². The molecule has 1 aromatic carbocycles. The maximum atomic E-state index is 12.6. The van der Waals surface area contributed by atoms with Crippen LogP contribution in [-0.4, -0.2) is 77.4 Å². The second-order valence-corrected chi connectivity index (χ2v) is 6.54. The monoisotopic (exact) mass is 368 g/mol. The Morgan fingerprint density at radius 3 is 2.33 bits per heavy atom. The fourth-order valence-corrected chi connectivity index (χ4v) is 2.93. The molecule has 2 amide bonds. The van der Waals surface area contributed by atoms with Crippen LogP contribution in [0.4, 0.5) is 0 Å². The van der Waals surface area contributed by atoms with E-state index < -0.39 is 6.04 Å². The lowest BCUT2D eigenvalue weighted by atomic mass is 10.1. The maximum absolute atomic E-state index is 12.6. The number of piperazine rings is 1. The zero-order chi connectivity index (χ0) is 19.2. The van der Waals surface area contributed by atoms with E-state index in [2.05, 4.69) is 20.2 Å². The summed E-state index contributed by atoms with van der Waals surface area (Å²) >= 11 is 0. The summed E-state index contributed by atoms with van der Waals surface area (Å²) in [5.74, 6) is 0.135. The average Bonchev–Trinajstić information content (AvgIpc) is 2.72. The molecule has 1 atom stereocenters. The molecule has 0 spiro atoms. The molecule has 1 aliphatic rings. The Morgan fingerprint density at radius 1 is 1.11 bits per heavy atom. The summed E-state index contributed by atoms with van der Waals surface area (Å²) in [6.07, 6.45) is 3.33. The lowest BCUT2D eigenvalue weighted by molar-refractivity contribution is -0.134. The normalized spacial score (nSPS) is 16.0. The van der Waals surface area contributed by atoms with Crippen molar-refractivity contribution in [2.45, 2.75) is 6.04 Å². The summed E-state index contributed by atoms with van der Waals surface area (Å²) in [6, 6.07) is 7.96. The molecule has 1 saturated heterocycles. The quantitative estimate of drug-likeness (QED) is 0.768. The van der Waals surface area contributed by atoms with E-state index in [-0.39, 0.29) is 18.4 Å². The molecular weight excluding hydrogens is 344 g/mol. The minimum atomic E-state index is -0.724. The molecule has 2 aromatic rings. The van der Waals surface area contributed by atoms with Gasteiger partial charge in [-0.25, -0.2) is 9.97 Å². The van der Waals surface area contributed by atoms with Crippen LogP contribution in [0.2, 0.25) is 0 Å². The number of carbonyl (C=O) groups is 2. The number of hydrogen-bond donors (Lipinski definition) is 2. The second-order valence-electron chi connectivity index (χ2n) is 6.54. The molecule has 1 fully saturated rings. The first kappa shape index (κ1) is 18.9. The fraction of sp³-hybridized carbons (Fsp3) is 0.368. The highest BCUT2D eigenvalue weighted by Crippen LogP contribution is 2.14. The van der Waals surface area contributed by atoms with Gasteiger partial charge in [0, 0.05) is 56.2 Å². The van der Waals surface area contributed by atoms with Crippen molar-refractivity contribution < 1.29 is 9.59 Å². The van der Waals surface area contributed by atoms with Crippen molar-refractivity contribution in [3.05, 3.63) is 48.3 Å². The number of nitrogens with two attached hydrogens (primary N) is 1. The highest BCUT2D eigenvalue weighted by molar-refractivity contribution is 5.98. The number of amides is 2. The first-order valence-electron chi connectivity index (χ1n) is 8.94. The summed E-state index contributed by atoms with van der Waals surface area (Å²) in [4.78, 5) is 37.5. The second kappa shape index (κ2) is 8.70. The molecule has 8 nitrogen and oxygen atoms in total. The van der Waals surface area contributed by atoms with E-state index in [0.29, 0.717) is 24.5 Å². The number of benzene rings is 1. The molecule has 3 N–H and O–H groups in total. The van der Waals surface area contributed by atoms with Gasteiger partial charge in [0.25, 0.3) is 5.91 Å². The largest absolute Gasteiger partial charge is 0.339 e. The Labute approximate surface area is 158 Å². The number of carbonyl (C=O) groups excluding carboxylic acids is 2. The van der Waals surface area contributed by atoms with Crippen LogP contribution in [0.5, 0.6) is 0 Å². The Bertz CT molecular complexity index is 773. The summed E-state index contributed by atoms with van der Waals surface area (Å²) in [7, 11) is 2.02. The Kier molecular flexibility index (Phi) is 6.10. The molecule has 1 aliphatic heterocycles. The molecular formula is C19H24N6O2. The van der Waals surface area contributed by atoms with Gasteiger partial charge in [-0.3, -0.25) is 9.59 Å². The number of aromatic nitrogens is 2. The minimum absolute atomic E-state index is 0.0624. The molecule has 0 radical (unpaired) electrons. The summed E-state index contributed by atoms with van der Waals surface area (Å²) < 4.78 is 0. The van der Waals surface area contributed by atoms with Crippen molar-refractivity contribution in [1.29, 1.82) is 0 Å². The highest BCUT2D eigenvalue weighted by Gasteiger charge is 2.27. The third kappa shape index (κ3) is 4.66. The third-order valence-corrected chi connectivity index (χ3v) is 4.63. The molecule has 1 aromatic heterocycles. The molecule has 3 rings (SSSR count). The number of hydrogen-bond acceptors (Lipinski definition) is 6. The topological polar surface area (TPSA) is 104 Å². The van der Waals surface area contributed by atoms with Crippen molar-refractivity contribution >= 4 is 11.8 Å². The van der Waals surface area contributed by atoms with Gasteiger partial charge in [0.2, 0.25) is 5.91 Å². The van der Waals surface area contributed by atoms with E-state index in [4.69, 9.17) is 5.73 Å². The van der Waals surface area contributed by atoms with Gasteiger partial charge in [-0.05, 0) is 25.2 Å². The standard InChI is InChI=1S/C19H24N6O2/c1-24-9-11-25(12-10-24)19(27)16(13-20)23-18(26)15-5-3-14(4-6-15)17-21-7-2-8-22-17/h2-8,16H,9-13,20H2,1H3,(H,23,26). The van der Waals surface area contributed by atoms with Crippen molar-refractivity contribution in [1.82, 2.24) is 25.1 Å². The zero-order valence-corrected chi connectivity index (χ0v) is 15.3. The van der Waals surface area contributed by atoms with E-state index in [1.54, 1.807) is 47.6 Å². The number of rotatable bonds is 5. The van der Waals surface area contributed by atoms with Gasteiger partial charge in [0.1, 0.15) is 6.04 Å². The molecule has 27 heavy (non-hydrogen) atoms. The molecule has 0 bridgehead atoms. The molecule has 1 unspecified atom stereocenters. The van der Waals surface area contributed by atoms with E-state index >= 15 is 0 Å². The lowest BCUT2D eigenvalue weighted by Crippen LogP contribution is -2.56. The third-order valence-electron chi connectivity index (χ3n) is 4.63. The van der Waals surface area contributed by atoms with Crippen molar-refractivity contribution in [2.75, 3.05) is 39.8 Å². The Morgan fingerprint density at radius 2 is 1.74 bits per heavy atom. The molecule has 8 heteroatoms. The smallest absolute Gasteiger partial charge is 0.251 e. The van der Waals surface area contributed by atoms with E-state index in [9.17, 15) is 9.59 Å². The summed E-state index contributed by atoms with van der Waals surface area (Å²) in [6.45, 7) is 2.99. The van der Waals surface area contributed by atoms with E-state index in [1.807, 2.05) is 7.05 Å². The molecule has 142 valence electrons. The fourth-order valence-electron chi connectivity index (χ4n) is 2.93. The molecule has 2 heterocycles. The van der Waals surface area contributed by atoms with Crippen LogP contribution < -0.4 is 11.1 Å². The SMILES string of the molecule is CN1CCN(C(=O)C(CN)NC(=O)c2ccc(-c3ncccn3)cc2)CC1. The summed E-state index contributed by atoms with van der Waals surface area (Å²) in [5, 5.41) is 2.75. The van der Waals surface area contributed by atoms with Gasteiger partial charge < -0.3 is 20.9 Å². The van der Waals surface area contributed by atoms with Gasteiger partial charge in [0.15, 0.2) is 5.82 Å². The van der Waals surface area contributed by atoms with Gasteiger partial charge in [-0.1, -0.05) is 12.1 Å². The predicted molar refractivity (Wildman–Crippen MR) is 102 cm³/mol. The molecule has 0 aliphatic carbocycles. The van der Waals surface area contributed by atoms with Gasteiger partial charge in [0.05, 0.1) is 0 Å². The lowest BCUT2D eigenvalue weighted by Gasteiger charge is -2.34. The van der Waals surface area contributed by atoms with Crippen LogP contribution in [0.25, 0.3) is 11.4 Å². The van der Waals surface area contributed by atoms with Crippen LogP contribution in [0, 0.1) is 0 Å². The first-order valence-corrected chi connectivity index (χ1v) is 8.94. The van der Waals surface area contributed by atoms with Gasteiger partial charge in [-0.15, -0.1) is 0 Å². The number of likely N-dealkylation sites (N-methyl/N-ethyl adjacent to an activating group) is 1. The van der Waals surface area contributed by atoms with Gasteiger partial charge >= 0.3 is 0 Å². The Balaban J connectivity index is 1.63. The van der Waals surface area contributed by atoms with Crippen LogP contribution in [0.15, 0.2) is 42.7 Å². The minimum Gasteiger partial charge on any atom is -0.339 e. The van der Waals surface area contributed by atoms with E-state index in [1.165, 1.54) is 0 Å². The zero-order valence-electron chi connectivity index (χ0n) is 15.3. The van der Waals surface area contributed by atoms with Crippen molar-refractivity contribution in [3.8, 4) is 11.4 Å². The highest BCUT2D eigenvalue weighted by atomic mass is 16.2.